The monoisotopic (exact) mass is 458 g/mol. The Kier molecular flexibility index (Phi) is 6.36. The number of methoxy groups -OCH3 is 2. The molecule has 0 unspecified atom stereocenters. The number of rotatable bonds is 6. The number of nitrogens with one attached hydrogen (secondary N) is 1. The van der Waals surface area contributed by atoms with E-state index in [-0.39, 0.29) is 11.8 Å². The molecule has 1 aliphatic rings. The summed E-state index contributed by atoms with van der Waals surface area (Å²) >= 11 is 0. The molecule has 0 aliphatic carbocycles. The van der Waals surface area contributed by atoms with E-state index < -0.39 is 11.5 Å². The van der Waals surface area contributed by atoms with Crippen LogP contribution in [0, 0.1) is 0 Å². The Morgan fingerprint density at radius 2 is 1.74 bits per heavy atom. The smallest absolute Gasteiger partial charge is 0.337 e. The van der Waals surface area contributed by atoms with Gasteiger partial charge in [-0.15, -0.1) is 0 Å². The first-order chi connectivity index (χ1) is 16.4. The van der Waals surface area contributed by atoms with Crippen LogP contribution < -0.4 is 15.0 Å². The highest BCUT2D eigenvalue weighted by Gasteiger charge is 2.47. The molecule has 1 heterocycles. The molecule has 0 spiro atoms. The number of nitrogens with zero attached hydrogens (tertiary/aromatic N) is 1. The summed E-state index contributed by atoms with van der Waals surface area (Å²) in [7, 11) is 2.90. The molecule has 2 amide bonds. The topological polar surface area (TPSA) is 84.9 Å². The van der Waals surface area contributed by atoms with Crippen LogP contribution in [-0.2, 0) is 22.5 Å². The van der Waals surface area contributed by atoms with Crippen LogP contribution in [0.5, 0.6) is 5.75 Å². The highest BCUT2D eigenvalue weighted by molar-refractivity contribution is 6.14. The van der Waals surface area contributed by atoms with Crippen molar-refractivity contribution in [2.24, 2.45) is 0 Å². The van der Waals surface area contributed by atoms with Crippen molar-refractivity contribution in [1.29, 1.82) is 0 Å². The largest absolute Gasteiger partial charge is 0.497 e. The molecule has 0 saturated heterocycles. The fraction of sp³-hybridized carbons (Fsp3) is 0.222. The summed E-state index contributed by atoms with van der Waals surface area (Å²) < 4.78 is 10.0. The van der Waals surface area contributed by atoms with Gasteiger partial charge in [-0.2, -0.15) is 0 Å². The van der Waals surface area contributed by atoms with Gasteiger partial charge in [-0.25, -0.2) is 4.79 Å². The van der Waals surface area contributed by atoms with Crippen molar-refractivity contribution >= 4 is 23.5 Å². The minimum atomic E-state index is -1.22. The molecule has 1 aliphatic heterocycles. The Morgan fingerprint density at radius 3 is 2.44 bits per heavy atom. The van der Waals surface area contributed by atoms with Gasteiger partial charge >= 0.3 is 5.97 Å². The van der Waals surface area contributed by atoms with Gasteiger partial charge < -0.3 is 14.8 Å². The zero-order chi connectivity index (χ0) is 24.3. The lowest BCUT2D eigenvalue weighted by molar-refractivity contribution is -0.126. The van der Waals surface area contributed by atoms with Crippen molar-refractivity contribution in [3.63, 3.8) is 0 Å². The van der Waals surface area contributed by atoms with E-state index in [1.165, 1.54) is 12.0 Å². The Labute approximate surface area is 198 Å². The lowest BCUT2D eigenvalue weighted by Crippen LogP contribution is -2.63. The molecule has 1 N–H and O–H groups in total. The molecule has 0 radical (unpaired) electrons. The Bertz CT molecular complexity index is 1240. The van der Waals surface area contributed by atoms with Crippen LogP contribution in [0.3, 0.4) is 0 Å². The second kappa shape index (κ2) is 9.39. The summed E-state index contributed by atoms with van der Waals surface area (Å²) in [6.45, 7) is 2.04. The number of carbonyl (C=O) groups excluding carboxylic acids is 3. The minimum absolute atomic E-state index is 0.296. The SMILES string of the molecule is COC(=O)c1cccc(N2C(=O)c3ccccc3C[C@]2(C)C(=O)NCc2ccc(OC)cc2)c1. The number of carbonyl (C=O) groups is 3. The summed E-state index contributed by atoms with van der Waals surface area (Å²) in [5.74, 6) is -0.383. The van der Waals surface area contributed by atoms with E-state index in [0.29, 0.717) is 29.8 Å². The molecule has 174 valence electrons. The number of benzene rings is 3. The highest BCUT2D eigenvalue weighted by Crippen LogP contribution is 2.36. The summed E-state index contributed by atoms with van der Waals surface area (Å²) in [5.41, 5.74) is 1.77. The number of hydrogen-bond acceptors (Lipinski definition) is 5. The minimum Gasteiger partial charge on any atom is -0.497 e. The number of hydrogen-bond donors (Lipinski definition) is 1. The van der Waals surface area contributed by atoms with Gasteiger partial charge in [-0.3, -0.25) is 14.5 Å². The van der Waals surface area contributed by atoms with Crippen LogP contribution in [0.25, 0.3) is 0 Å². The van der Waals surface area contributed by atoms with Crippen LogP contribution in [0.1, 0.15) is 38.8 Å². The first-order valence-electron chi connectivity index (χ1n) is 10.9. The van der Waals surface area contributed by atoms with Crippen molar-refractivity contribution in [2.45, 2.75) is 25.4 Å². The molecule has 4 rings (SSSR count). The molecule has 0 aromatic heterocycles. The van der Waals surface area contributed by atoms with E-state index in [0.717, 1.165) is 16.9 Å². The second-order valence-electron chi connectivity index (χ2n) is 8.32. The molecule has 3 aromatic carbocycles. The van der Waals surface area contributed by atoms with Crippen LogP contribution in [0.15, 0.2) is 72.8 Å². The van der Waals surface area contributed by atoms with Crippen LogP contribution in [0.2, 0.25) is 0 Å². The molecule has 7 nitrogen and oxygen atoms in total. The predicted octanol–water partition coefficient (Wildman–Crippen LogP) is 3.76. The van der Waals surface area contributed by atoms with E-state index in [1.54, 1.807) is 50.4 Å². The maximum absolute atomic E-state index is 13.6. The highest BCUT2D eigenvalue weighted by atomic mass is 16.5. The van der Waals surface area contributed by atoms with Crippen molar-refractivity contribution in [3.05, 3.63) is 95.1 Å². The van der Waals surface area contributed by atoms with Crippen molar-refractivity contribution < 1.29 is 23.9 Å². The molecule has 7 heteroatoms. The van der Waals surface area contributed by atoms with Crippen LogP contribution in [0.4, 0.5) is 5.69 Å². The van der Waals surface area contributed by atoms with Crippen LogP contribution in [-0.4, -0.2) is 37.5 Å². The summed E-state index contributed by atoms with van der Waals surface area (Å²) in [4.78, 5) is 40.8. The zero-order valence-corrected chi connectivity index (χ0v) is 19.3. The van der Waals surface area contributed by atoms with Gasteiger partial charge in [0.25, 0.3) is 5.91 Å². The van der Waals surface area contributed by atoms with E-state index >= 15 is 0 Å². The third kappa shape index (κ3) is 4.24. The van der Waals surface area contributed by atoms with Gasteiger partial charge in [-0.1, -0.05) is 36.4 Å². The van der Waals surface area contributed by atoms with Gasteiger partial charge in [0.2, 0.25) is 5.91 Å². The molecular weight excluding hydrogens is 432 g/mol. The molecule has 0 fully saturated rings. The van der Waals surface area contributed by atoms with Crippen molar-refractivity contribution in [2.75, 3.05) is 19.1 Å². The Morgan fingerprint density at radius 1 is 1.00 bits per heavy atom. The first kappa shape index (κ1) is 23.0. The van der Waals surface area contributed by atoms with Gasteiger partial charge in [-0.05, 0) is 54.4 Å². The van der Waals surface area contributed by atoms with Crippen molar-refractivity contribution in [3.8, 4) is 5.75 Å². The van der Waals surface area contributed by atoms with Gasteiger partial charge in [0.05, 0.1) is 19.8 Å². The van der Waals surface area contributed by atoms with E-state index in [9.17, 15) is 14.4 Å². The number of ether oxygens (including phenoxy) is 2. The Balaban J connectivity index is 1.70. The lowest BCUT2D eigenvalue weighted by atomic mass is 9.82. The molecular formula is C27H26N2O5. The van der Waals surface area contributed by atoms with E-state index in [2.05, 4.69) is 5.32 Å². The average molecular weight is 459 g/mol. The Hall–Kier alpha value is -4.13. The van der Waals surface area contributed by atoms with Gasteiger partial charge in [0.15, 0.2) is 0 Å². The molecule has 0 saturated carbocycles. The fourth-order valence-corrected chi connectivity index (χ4v) is 4.27. The van der Waals surface area contributed by atoms with Crippen molar-refractivity contribution in [1.82, 2.24) is 5.32 Å². The zero-order valence-electron chi connectivity index (χ0n) is 19.3. The number of esters is 1. The third-order valence-electron chi connectivity index (χ3n) is 6.11. The van der Waals surface area contributed by atoms with Crippen LogP contribution >= 0.6 is 0 Å². The average Bonchev–Trinajstić information content (AvgIpc) is 2.87. The maximum Gasteiger partial charge on any atom is 0.337 e. The second-order valence-corrected chi connectivity index (χ2v) is 8.32. The maximum atomic E-state index is 13.6. The number of amides is 2. The summed E-state index contributed by atoms with van der Waals surface area (Å²) in [5, 5.41) is 2.98. The number of anilines is 1. The molecule has 0 bridgehead atoms. The quantitative estimate of drug-likeness (QED) is 0.569. The lowest BCUT2D eigenvalue weighted by Gasteiger charge is -2.44. The standard InChI is InChI=1S/C27H26N2O5/c1-27(26(32)28-17-18-11-13-22(33-2)14-12-18)16-20-7-4-5-10-23(20)24(30)29(27)21-9-6-8-19(15-21)25(31)34-3/h4-15H,16-17H2,1-3H3,(H,28,32)/t27-/m1/s1. The number of fused-ring (bicyclic) bond motifs is 1. The predicted molar refractivity (Wildman–Crippen MR) is 128 cm³/mol. The molecule has 3 aromatic rings. The van der Waals surface area contributed by atoms with Gasteiger partial charge in [0.1, 0.15) is 11.3 Å². The molecule has 34 heavy (non-hydrogen) atoms. The first-order valence-corrected chi connectivity index (χ1v) is 10.9. The fourth-order valence-electron chi connectivity index (χ4n) is 4.27. The van der Waals surface area contributed by atoms with Gasteiger partial charge in [0, 0.05) is 24.2 Å². The third-order valence-corrected chi connectivity index (χ3v) is 6.11. The summed E-state index contributed by atoms with van der Waals surface area (Å²) in [6.07, 6.45) is 0.325. The van der Waals surface area contributed by atoms with E-state index in [4.69, 9.17) is 9.47 Å². The molecule has 1 atom stereocenters. The normalized spacial score (nSPS) is 17.0. The summed E-state index contributed by atoms with van der Waals surface area (Å²) in [6, 6.07) is 21.3. The van der Waals surface area contributed by atoms with E-state index in [1.807, 2.05) is 36.4 Å².